The number of carboxylic acids is 1. The van der Waals surface area contributed by atoms with E-state index in [4.69, 9.17) is 10.4 Å². The van der Waals surface area contributed by atoms with Crippen LogP contribution in [-0.4, -0.2) is 23.5 Å². The van der Waals surface area contributed by atoms with Crippen LogP contribution in [0.4, 0.5) is 0 Å². The van der Waals surface area contributed by atoms with Gasteiger partial charge >= 0.3 is 5.97 Å². The first kappa shape index (κ1) is 19.7. The van der Waals surface area contributed by atoms with Gasteiger partial charge in [0.1, 0.15) is 11.6 Å². The Bertz CT molecular complexity index is 638. The molecule has 1 aromatic carbocycles. The lowest BCUT2D eigenvalue weighted by Crippen LogP contribution is -2.26. The molecule has 0 unspecified atom stereocenters. The molecular formula is C17H20BrN3O3. The summed E-state index contributed by atoms with van der Waals surface area (Å²) in [5, 5.41) is 23.2. The quantitative estimate of drug-likeness (QED) is 0.322. The lowest BCUT2D eigenvalue weighted by Gasteiger charge is -2.05. The number of unbranched alkanes of at least 4 members (excludes halogenated alkanes) is 2. The number of aliphatic carboxylic acids is 1. The van der Waals surface area contributed by atoms with Crippen LogP contribution in [0.1, 0.15) is 31.2 Å². The van der Waals surface area contributed by atoms with Gasteiger partial charge in [-0.25, -0.2) is 0 Å². The van der Waals surface area contributed by atoms with Crippen molar-refractivity contribution in [3.05, 3.63) is 46.1 Å². The molecule has 0 aromatic heterocycles. The monoisotopic (exact) mass is 393 g/mol. The minimum absolute atomic E-state index is 0.00975. The van der Waals surface area contributed by atoms with Gasteiger partial charge in [-0.2, -0.15) is 5.26 Å². The Morgan fingerprint density at radius 3 is 2.75 bits per heavy atom. The second-order valence-electron chi connectivity index (χ2n) is 5.14. The third-order valence-corrected chi connectivity index (χ3v) is 3.65. The summed E-state index contributed by atoms with van der Waals surface area (Å²) in [4.78, 5) is 22.2. The van der Waals surface area contributed by atoms with E-state index in [-0.39, 0.29) is 12.0 Å². The van der Waals surface area contributed by atoms with Crippen LogP contribution in [0.5, 0.6) is 0 Å². The maximum Gasteiger partial charge on any atom is 0.303 e. The van der Waals surface area contributed by atoms with E-state index in [9.17, 15) is 9.59 Å². The van der Waals surface area contributed by atoms with Gasteiger partial charge in [-0.05, 0) is 30.5 Å². The number of nitrogens with one attached hydrogen (secondary N) is 2. The zero-order chi connectivity index (χ0) is 17.8. The topological polar surface area (TPSA) is 102 Å². The minimum atomic E-state index is -0.815. The summed E-state index contributed by atoms with van der Waals surface area (Å²) >= 11 is 3.38. The minimum Gasteiger partial charge on any atom is -0.481 e. The number of nitrogens with zero attached hydrogens (tertiary/aromatic N) is 1. The van der Waals surface area contributed by atoms with E-state index in [1.807, 2.05) is 30.3 Å². The van der Waals surface area contributed by atoms with Crippen LogP contribution in [0, 0.1) is 11.3 Å². The van der Waals surface area contributed by atoms with E-state index in [1.54, 1.807) is 0 Å². The molecule has 7 heteroatoms. The van der Waals surface area contributed by atoms with Crippen molar-refractivity contribution >= 4 is 27.8 Å². The molecule has 1 amide bonds. The SMILES string of the molecule is N#C/C(=C/NCc1cccc(Br)c1)C(=O)NCCCCCC(=O)O. The number of nitriles is 1. The second kappa shape index (κ2) is 11.2. The molecular weight excluding hydrogens is 374 g/mol. The van der Waals surface area contributed by atoms with Crippen LogP contribution < -0.4 is 10.6 Å². The summed E-state index contributed by atoms with van der Waals surface area (Å²) < 4.78 is 0.965. The maximum absolute atomic E-state index is 11.9. The lowest BCUT2D eigenvalue weighted by molar-refractivity contribution is -0.137. The van der Waals surface area contributed by atoms with Crippen molar-refractivity contribution in [2.45, 2.75) is 32.2 Å². The largest absolute Gasteiger partial charge is 0.481 e. The van der Waals surface area contributed by atoms with Gasteiger partial charge < -0.3 is 15.7 Å². The average Bonchev–Trinajstić information content (AvgIpc) is 2.54. The molecule has 0 fully saturated rings. The predicted octanol–water partition coefficient (Wildman–Crippen LogP) is 2.71. The number of rotatable bonds is 10. The molecule has 0 bridgehead atoms. The van der Waals surface area contributed by atoms with Gasteiger partial charge in [-0.3, -0.25) is 9.59 Å². The van der Waals surface area contributed by atoms with Crippen molar-refractivity contribution in [3.8, 4) is 6.07 Å². The van der Waals surface area contributed by atoms with Gasteiger partial charge in [0.15, 0.2) is 0 Å². The first-order chi connectivity index (χ1) is 11.5. The smallest absolute Gasteiger partial charge is 0.303 e. The summed E-state index contributed by atoms with van der Waals surface area (Å²) in [6.07, 6.45) is 3.53. The molecule has 0 radical (unpaired) electrons. The Kier molecular flexibility index (Phi) is 9.24. The molecule has 0 aliphatic carbocycles. The second-order valence-corrected chi connectivity index (χ2v) is 6.06. The van der Waals surface area contributed by atoms with Gasteiger partial charge in [0.2, 0.25) is 0 Å². The number of amides is 1. The molecule has 0 heterocycles. The maximum atomic E-state index is 11.9. The standard InChI is InChI=1S/C17H20BrN3O3/c18-15-6-4-5-13(9-15)11-20-12-14(10-19)17(24)21-8-3-1-2-7-16(22)23/h4-6,9,12,20H,1-3,7-8,11H2,(H,21,24)(H,22,23)/b14-12-. The first-order valence-electron chi connectivity index (χ1n) is 7.61. The molecule has 6 nitrogen and oxygen atoms in total. The Hall–Kier alpha value is -2.33. The zero-order valence-corrected chi connectivity index (χ0v) is 14.8. The van der Waals surface area contributed by atoms with Gasteiger partial charge in [-0.1, -0.05) is 34.5 Å². The Balaban J connectivity index is 2.32. The van der Waals surface area contributed by atoms with Crippen LogP contribution in [0.25, 0.3) is 0 Å². The zero-order valence-electron chi connectivity index (χ0n) is 13.2. The number of hydrogen-bond donors (Lipinski definition) is 3. The van der Waals surface area contributed by atoms with Crippen molar-refractivity contribution in [3.63, 3.8) is 0 Å². The van der Waals surface area contributed by atoms with Crippen molar-refractivity contribution in [2.75, 3.05) is 6.54 Å². The van der Waals surface area contributed by atoms with Gasteiger partial charge in [0, 0.05) is 30.2 Å². The molecule has 128 valence electrons. The van der Waals surface area contributed by atoms with Crippen LogP contribution in [0.2, 0.25) is 0 Å². The molecule has 1 rings (SSSR count). The van der Waals surface area contributed by atoms with Crippen LogP contribution in [-0.2, 0) is 16.1 Å². The molecule has 24 heavy (non-hydrogen) atoms. The average molecular weight is 394 g/mol. The van der Waals surface area contributed by atoms with Gasteiger partial charge in [0.25, 0.3) is 5.91 Å². The van der Waals surface area contributed by atoms with Gasteiger partial charge in [0.05, 0.1) is 0 Å². The van der Waals surface area contributed by atoms with Crippen molar-refractivity contribution in [1.29, 1.82) is 5.26 Å². The highest BCUT2D eigenvalue weighted by molar-refractivity contribution is 9.10. The summed E-state index contributed by atoms with van der Waals surface area (Å²) in [6.45, 7) is 0.927. The summed E-state index contributed by atoms with van der Waals surface area (Å²) in [5.74, 6) is -1.25. The van der Waals surface area contributed by atoms with Crippen LogP contribution in [0.15, 0.2) is 40.5 Å². The normalized spacial score (nSPS) is 10.8. The highest BCUT2D eigenvalue weighted by Crippen LogP contribution is 2.11. The third-order valence-electron chi connectivity index (χ3n) is 3.16. The molecule has 0 saturated heterocycles. The van der Waals surface area contributed by atoms with E-state index in [0.29, 0.717) is 25.9 Å². The Morgan fingerprint density at radius 2 is 2.08 bits per heavy atom. The Labute approximate surface area is 149 Å². The fourth-order valence-electron chi connectivity index (χ4n) is 1.94. The Morgan fingerprint density at radius 1 is 1.29 bits per heavy atom. The fourth-order valence-corrected chi connectivity index (χ4v) is 2.39. The molecule has 0 saturated carbocycles. The lowest BCUT2D eigenvalue weighted by atomic mass is 10.2. The highest BCUT2D eigenvalue weighted by Gasteiger charge is 2.07. The number of carboxylic acid groups (broad SMARTS) is 1. The van der Waals surface area contributed by atoms with Crippen molar-refractivity contribution in [2.24, 2.45) is 0 Å². The van der Waals surface area contributed by atoms with Crippen LogP contribution in [0.3, 0.4) is 0 Å². The third kappa shape index (κ3) is 8.34. The van der Waals surface area contributed by atoms with E-state index in [1.165, 1.54) is 6.20 Å². The summed E-state index contributed by atoms with van der Waals surface area (Å²) in [5.41, 5.74) is 1.03. The molecule has 0 atom stereocenters. The number of carbonyl (C=O) groups excluding carboxylic acids is 1. The summed E-state index contributed by atoms with van der Waals surface area (Å²) in [6, 6.07) is 9.58. The number of halogens is 1. The van der Waals surface area contributed by atoms with Crippen LogP contribution >= 0.6 is 15.9 Å². The highest BCUT2D eigenvalue weighted by atomic mass is 79.9. The van der Waals surface area contributed by atoms with Crippen molar-refractivity contribution in [1.82, 2.24) is 10.6 Å². The number of benzene rings is 1. The fraction of sp³-hybridized carbons (Fsp3) is 0.353. The molecule has 3 N–H and O–H groups in total. The van der Waals surface area contributed by atoms with E-state index >= 15 is 0 Å². The molecule has 0 spiro atoms. The molecule has 0 aliphatic rings. The van der Waals surface area contributed by atoms with E-state index < -0.39 is 11.9 Å². The predicted molar refractivity (Wildman–Crippen MR) is 93.8 cm³/mol. The summed E-state index contributed by atoms with van der Waals surface area (Å²) in [7, 11) is 0. The number of hydrogen-bond acceptors (Lipinski definition) is 4. The number of carbonyl (C=O) groups is 2. The van der Waals surface area contributed by atoms with Gasteiger partial charge in [-0.15, -0.1) is 0 Å². The first-order valence-corrected chi connectivity index (χ1v) is 8.40. The van der Waals surface area contributed by atoms with E-state index in [0.717, 1.165) is 16.5 Å². The molecule has 1 aromatic rings. The molecule has 0 aliphatic heterocycles. The van der Waals surface area contributed by atoms with E-state index in [2.05, 4.69) is 26.6 Å². The van der Waals surface area contributed by atoms with Crippen molar-refractivity contribution < 1.29 is 14.7 Å².